The first-order valence-electron chi connectivity index (χ1n) is 16.0. The lowest BCUT2D eigenvalue weighted by Gasteiger charge is -2.43. The summed E-state index contributed by atoms with van der Waals surface area (Å²) in [4.78, 5) is 40.4. The molecule has 3 aliphatic rings. The molecule has 0 spiro atoms. The number of fused-ring (bicyclic) bond motifs is 3. The van der Waals surface area contributed by atoms with E-state index < -0.39 is 104 Å². The van der Waals surface area contributed by atoms with E-state index in [0.717, 1.165) is 0 Å². The molecule has 0 aromatic heterocycles. The zero-order valence-corrected chi connectivity index (χ0v) is 29.2. The summed E-state index contributed by atoms with van der Waals surface area (Å²) < 4.78 is 23.8. The van der Waals surface area contributed by atoms with E-state index >= 15 is 0 Å². The number of carbonyl (C=O) groups is 3. The second-order valence-electron chi connectivity index (χ2n) is 14.4. The smallest absolute Gasteiger partial charge is 0.202 e. The van der Waals surface area contributed by atoms with Gasteiger partial charge in [0.2, 0.25) is 5.78 Å². The summed E-state index contributed by atoms with van der Waals surface area (Å²) in [5.74, 6) is -3.75. The predicted octanol–water partition coefficient (Wildman–Crippen LogP) is 2.61. The number of nitrogens with one attached hydrogen (secondary N) is 1. The number of aromatic hydroxyl groups is 2. The molecule has 262 valence electrons. The second kappa shape index (κ2) is 12.9. The van der Waals surface area contributed by atoms with Crippen LogP contribution in [0.5, 0.6) is 17.2 Å². The summed E-state index contributed by atoms with van der Waals surface area (Å²) in [5, 5.41) is 58.6. The minimum Gasteiger partial charge on any atom is -0.507 e. The molecule has 2 aromatic rings. The fourth-order valence-electron chi connectivity index (χ4n) is 6.46. The van der Waals surface area contributed by atoms with Crippen molar-refractivity contribution >= 4 is 25.7 Å². The van der Waals surface area contributed by atoms with Crippen molar-refractivity contribution in [1.82, 2.24) is 5.32 Å². The Morgan fingerprint density at radius 1 is 1.10 bits per heavy atom. The van der Waals surface area contributed by atoms with Crippen LogP contribution in [0.1, 0.15) is 89.6 Å². The average Bonchev–Trinajstić information content (AvgIpc) is 3.02. The molecule has 1 heterocycles. The van der Waals surface area contributed by atoms with Crippen LogP contribution in [0.3, 0.4) is 0 Å². The molecule has 0 radical (unpaired) electrons. The summed E-state index contributed by atoms with van der Waals surface area (Å²) in [6.07, 6.45) is -5.05. The third kappa shape index (κ3) is 6.09. The minimum atomic E-state index is -2.26. The van der Waals surface area contributed by atoms with Crippen molar-refractivity contribution in [3.63, 3.8) is 0 Å². The number of aliphatic hydroxyl groups excluding tert-OH is 2. The molecule has 5 rings (SSSR count). The second-order valence-corrected chi connectivity index (χ2v) is 19.2. The third-order valence-electron chi connectivity index (χ3n) is 10.3. The lowest BCUT2D eigenvalue weighted by molar-refractivity contribution is -0.250. The number of ketones is 3. The Balaban J connectivity index is 1.53. The molecule has 1 saturated heterocycles. The maximum Gasteiger partial charge on any atom is 0.202 e. The highest BCUT2D eigenvalue weighted by molar-refractivity contribution is 6.74. The molecule has 1 aliphatic heterocycles. The molecule has 0 amide bonds. The van der Waals surface area contributed by atoms with E-state index in [2.05, 4.69) is 39.2 Å². The SMILES string of the molecule is COc1cccc2c1C(=O)c1c(O)c3c(c(O)c1C2=O)C[C@@](O)(C(=O)CO)C[C@@H]3OC1CC(NCO[Si](C)(C)C(C)(C)C)C(O)C(C)O1. The van der Waals surface area contributed by atoms with Gasteiger partial charge in [0.1, 0.15) is 29.5 Å². The highest BCUT2D eigenvalue weighted by Gasteiger charge is 2.50. The van der Waals surface area contributed by atoms with Gasteiger partial charge in [0, 0.05) is 42.0 Å². The van der Waals surface area contributed by atoms with Crippen molar-refractivity contribution in [1.29, 1.82) is 0 Å². The Hall–Kier alpha value is -3.21. The van der Waals surface area contributed by atoms with E-state index in [-0.39, 0.29) is 46.2 Å². The van der Waals surface area contributed by atoms with Crippen molar-refractivity contribution in [2.24, 2.45) is 0 Å². The van der Waals surface area contributed by atoms with Gasteiger partial charge in [-0.2, -0.15) is 0 Å². The number of benzene rings is 2. The zero-order valence-electron chi connectivity index (χ0n) is 28.2. The molecule has 14 heteroatoms. The van der Waals surface area contributed by atoms with Gasteiger partial charge in [0.05, 0.1) is 48.8 Å². The van der Waals surface area contributed by atoms with E-state index in [0.29, 0.717) is 0 Å². The predicted molar refractivity (Wildman–Crippen MR) is 174 cm³/mol. The van der Waals surface area contributed by atoms with Gasteiger partial charge >= 0.3 is 0 Å². The van der Waals surface area contributed by atoms with Crippen molar-refractivity contribution in [2.45, 2.75) is 101 Å². The maximum atomic E-state index is 13.9. The summed E-state index contributed by atoms with van der Waals surface area (Å²) >= 11 is 0. The number of phenolic OH excluding ortho intramolecular Hbond substituents is 2. The number of ether oxygens (including phenoxy) is 3. The topological polar surface area (TPSA) is 201 Å². The Labute approximate surface area is 279 Å². The quantitative estimate of drug-likeness (QED) is 0.109. The number of aliphatic hydroxyl groups is 3. The normalized spacial score (nSPS) is 27.2. The maximum absolute atomic E-state index is 13.9. The highest BCUT2D eigenvalue weighted by Crippen LogP contribution is 2.52. The number of methoxy groups -OCH3 is 1. The number of hydrogen-bond acceptors (Lipinski definition) is 13. The van der Waals surface area contributed by atoms with Gasteiger partial charge in [-0.3, -0.25) is 19.7 Å². The number of phenols is 2. The summed E-state index contributed by atoms with van der Waals surface area (Å²) in [5.41, 5.74) is -3.62. The van der Waals surface area contributed by atoms with Crippen molar-refractivity contribution in [2.75, 3.05) is 20.4 Å². The fourth-order valence-corrected chi connectivity index (χ4v) is 7.34. The molecule has 48 heavy (non-hydrogen) atoms. The van der Waals surface area contributed by atoms with Crippen molar-refractivity contribution in [3.05, 3.63) is 51.6 Å². The van der Waals surface area contributed by atoms with Gasteiger partial charge in [-0.05, 0) is 31.1 Å². The van der Waals surface area contributed by atoms with Crippen molar-refractivity contribution < 1.29 is 58.6 Å². The molecular formula is C34H45NO12Si. The number of rotatable bonds is 9. The van der Waals surface area contributed by atoms with Crippen LogP contribution >= 0.6 is 0 Å². The Bertz CT molecular complexity index is 1630. The highest BCUT2D eigenvalue weighted by atomic mass is 28.4. The van der Waals surface area contributed by atoms with Gasteiger partial charge in [-0.1, -0.05) is 32.9 Å². The minimum absolute atomic E-state index is 0.0367. The molecule has 2 aliphatic carbocycles. The van der Waals surface area contributed by atoms with Gasteiger partial charge in [-0.25, -0.2) is 0 Å². The molecule has 0 bridgehead atoms. The van der Waals surface area contributed by atoms with Crippen LogP contribution in [0, 0.1) is 0 Å². The lowest BCUT2D eigenvalue weighted by atomic mass is 9.72. The lowest BCUT2D eigenvalue weighted by Crippen LogP contribution is -2.56. The molecular weight excluding hydrogens is 642 g/mol. The fraction of sp³-hybridized carbons (Fsp3) is 0.559. The summed E-state index contributed by atoms with van der Waals surface area (Å²) in [6, 6.07) is 3.84. The van der Waals surface area contributed by atoms with Crippen LogP contribution in [-0.2, 0) is 25.1 Å². The Morgan fingerprint density at radius 2 is 1.77 bits per heavy atom. The largest absolute Gasteiger partial charge is 0.507 e. The molecule has 0 saturated carbocycles. The van der Waals surface area contributed by atoms with E-state index in [1.165, 1.54) is 25.3 Å². The van der Waals surface area contributed by atoms with Gasteiger partial charge in [0.15, 0.2) is 26.2 Å². The Morgan fingerprint density at radius 3 is 2.40 bits per heavy atom. The van der Waals surface area contributed by atoms with E-state index in [9.17, 15) is 39.9 Å². The van der Waals surface area contributed by atoms with E-state index in [1.54, 1.807) is 6.92 Å². The molecule has 2 aromatic carbocycles. The molecule has 6 N–H and O–H groups in total. The van der Waals surface area contributed by atoms with Crippen LogP contribution in [-0.4, -0.2) is 102 Å². The van der Waals surface area contributed by atoms with Crippen molar-refractivity contribution in [3.8, 4) is 17.2 Å². The third-order valence-corrected chi connectivity index (χ3v) is 14.8. The van der Waals surface area contributed by atoms with Crippen LogP contribution in [0.4, 0.5) is 0 Å². The summed E-state index contributed by atoms with van der Waals surface area (Å²) in [6.45, 7) is 11.3. The number of hydrogen-bond donors (Lipinski definition) is 6. The number of Topliss-reactive ketones (excluding diaryl/α,β-unsaturated/α-hetero) is 1. The van der Waals surface area contributed by atoms with Gasteiger partial charge < -0.3 is 44.2 Å². The molecule has 4 unspecified atom stereocenters. The van der Waals surface area contributed by atoms with E-state index in [4.69, 9.17) is 18.6 Å². The Kier molecular flexibility index (Phi) is 9.71. The van der Waals surface area contributed by atoms with Crippen LogP contribution in [0.2, 0.25) is 18.1 Å². The average molecular weight is 688 g/mol. The standard InChI is InChI=1S/C34H45NO12Si/c1-16-28(38)19(35-15-45-48(6,7)33(2,3)4)11-23(46-16)47-21-13-34(43,22(37)14-36)12-18-25(21)32(42)27-26(30(18)40)29(39)17-9-8-10-20(44-5)24(17)31(27)41/h8-10,16,19,21,23,28,35-36,38,40,42-43H,11-15H2,1-7H3/t16?,19?,21-,23?,28?,34-/m0/s1. The van der Waals surface area contributed by atoms with Crippen LogP contribution < -0.4 is 10.1 Å². The first-order valence-corrected chi connectivity index (χ1v) is 18.9. The zero-order chi connectivity index (χ0) is 35.5. The van der Waals surface area contributed by atoms with Gasteiger partial charge in [0.25, 0.3) is 0 Å². The molecule has 1 fully saturated rings. The number of carbonyl (C=O) groups excluding carboxylic acids is 3. The summed E-state index contributed by atoms with van der Waals surface area (Å²) in [7, 11) is -0.778. The van der Waals surface area contributed by atoms with Gasteiger partial charge in [-0.15, -0.1) is 0 Å². The molecule has 13 nitrogen and oxygen atoms in total. The first-order chi connectivity index (χ1) is 22.4. The van der Waals surface area contributed by atoms with Crippen LogP contribution in [0.15, 0.2) is 18.2 Å². The van der Waals surface area contributed by atoms with E-state index in [1.807, 2.05) is 0 Å². The molecule has 6 atom stereocenters. The monoisotopic (exact) mass is 687 g/mol. The first kappa shape index (κ1) is 36.1. The van der Waals surface area contributed by atoms with Crippen LogP contribution in [0.25, 0.3) is 0 Å².